The molecule has 0 saturated carbocycles. The number of carbonyl (C=O) groups excluding carboxylic acids is 1. The zero-order chi connectivity index (χ0) is 26.3. The summed E-state index contributed by atoms with van der Waals surface area (Å²) in [6, 6.07) is 19.2. The van der Waals surface area contributed by atoms with Crippen LogP contribution in [0.2, 0.25) is 0 Å². The van der Waals surface area contributed by atoms with E-state index in [0.29, 0.717) is 17.9 Å². The van der Waals surface area contributed by atoms with Crippen LogP contribution in [0.1, 0.15) is 51.9 Å². The number of H-pyrrole nitrogens is 1. The molecule has 4 atom stereocenters. The van der Waals surface area contributed by atoms with Crippen LogP contribution in [-0.4, -0.2) is 43.0 Å². The normalized spacial score (nSPS) is 21.2. The Balaban J connectivity index is 1.29. The van der Waals surface area contributed by atoms with Crippen LogP contribution >= 0.6 is 11.8 Å². The molecule has 4 aromatic rings. The molecule has 2 aromatic carbocycles. The molecule has 1 saturated heterocycles. The van der Waals surface area contributed by atoms with Crippen LogP contribution in [0.25, 0.3) is 0 Å². The third kappa shape index (κ3) is 6.28. The first-order valence-corrected chi connectivity index (χ1v) is 13.3. The van der Waals surface area contributed by atoms with Gasteiger partial charge in [-0.15, -0.1) is 0 Å². The lowest BCUT2D eigenvalue weighted by atomic mass is 9.91. The number of hydrogen-bond donors (Lipinski definition) is 3. The van der Waals surface area contributed by atoms with E-state index < -0.39 is 6.29 Å². The first-order valence-electron chi connectivity index (χ1n) is 12.4. The summed E-state index contributed by atoms with van der Waals surface area (Å²) in [5.41, 5.74) is 4.27. The third-order valence-corrected chi connectivity index (χ3v) is 7.49. The van der Waals surface area contributed by atoms with Gasteiger partial charge in [0.25, 0.3) is 5.91 Å². The largest absolute Gasteiger partial charge is 0.392 e. The molecule has 0 aliphatic carbocycles. The standard InChI is InChI=1S/C28H29N5O4S/c1-18-24(16-38-28-31-17-32-33-28)36-27(37-25(18)21-8-6-20(15-34)7-9-21)22-10-4-19(5-11-22)13-30-26(35)23-3-2-12-29-14-23/h2-12,14,17-18,24-25,27,34H,13,15-16H2,1H3,(H,30,35)(H,31,32,33). The summed E-state index contributed by atoms with van der Waals surface area (Å²) < 4.78 is 13.0. The Morgan fingerprint density at radius 2 is 1.82 bits per heavy atom. The number of hydrogen-bond acceptors (Lipinski definition) is 8. The van der Waals surface area contributed by atoms with E-state index in [-0.39, 0.29) is 30.6 Å². The molecule has 5 rings (SSSR count). The van der Waals surface area contributed by atoms with Crippen molar-refractivity contribution in [3.63, 3.8) is 0 Å². The van der Waals surface area contributed by atoms with Crippen molar-refractivity contribution < 1.29 is 19.4 Å². The SMILES string of the molecule is CC1C(CSc2ncn[nH]2)OC(c2ccc(CNC(=O)c3cccnc3)cc2)OC1c1ccc(CO)cc1. The number of rotatable bonds is 9. The van der Waals surface area contributed by atoms with Crippen LogP contribution in [0, 0.1) is 5.92 Å². The Morgan fingerprint density at radius 3 is 2.50 bits per heavy atom. The minimum Gasteiger partial charge on any atom is -0.392 e. The molecule has 3 heterocycles. The monoisotopic (exact) mass is 531 g/mol. The highest BCUT2D eigenvalue weighted by Crippen LogP contribution is 2.42. The van der Waals surface area contributed by atoms with E-state index in [9.17, 15) is 9.90 Å². The zero-order valence-electron chi connectivity index (χ0n) is 20.9. The van der Waals surface area contributed by atoms with E-state index in [1.165, 1.54) is 6.33 Å². The Hall–Kier alpha value is -3.57. The number of aromatic amines is 1. The Kier molecular flexibility index (Phi) is 8.44. The van der Waals surface area contributed by atoms with E-state index in [2.05, 4.69) is 32.4 Å². The van der Waals surface area contributed by atoms with Gasteiger partial charge in [-0.05, 0) is 28.8 Å². The lowest BCUT2D eigenvalue weighted by Gasteiger charge is -2.41. The lowest BCUT2D eigenvalue weighted by Crippen LogP contribution is -2.38. The molecule has 2 aromatic heterocycles. The number of nitrogens with zero attached hydrogens (tertiary/aromatic N) is 3. The van der Waals surface area contributed by atoms with Gasteiger partial charge in [0.1, 0.15) is 6.33 Å². The van der Waals surface area contributed by atoms with E-state index in [4.69, 9.17) is 9.47 Å². The maximum absolute atomic E-state index is 12.3. The first kappa shape index (κ1) is 26.1. The van der Waals surface area contributed by atoms with Crippen LogP contribution in [0.5, 0.6) is 0 Å². The van der Waals surface area contributed by atoms with Crippen molar-refractivity contribution in [3.05, 3.63) is 107 Å². The Bertz CT molecular complexity index is 1300. The molecule has 1 amide bonds. The average molecular weight is 532 g/mol. The number of benzene rings is 2. The molecular formula is C28H29N5O4S. The van der Waals surface area contributed by atoms with Crippen LogP contribution in [0.4, 0.5) is 0 Å². The summed E-state index contributed by atoms with van der Waals surface area (Å²) in [6.07, 6.45) is 3.81. The average Bonchev–Trinajstić information content (AvgIpc) is 3.50. The highest BCUT2D eigenvalue weighted by molar-refractivity contribution is 7.99. The fourth-order valence-corrected chi connectivity index (χ4v) is 5.25. The summed E-state index contributed by atoms with van der Waals surface area (Å²) in [6.45, 7) is 2.52. The van der Waals surface area contributed by atoms with Gasteiger partial charge in [-0.3, -0.25) is 14.9 Å². The molecule has 4 unspecified atom stereocenters. The summed E-state index contributed by atoms with van der Waals surface area (Å²) in [4.78, 5) is 20.5. The van der Waals surface area contributed by atoms with Gasteiger partial charge in [0, 0.05) is 36.2 Å². The number of amides is 1. The fourth-order valence-electron chi connectivity index (χ4n) is 4.31. The zero-order valence-corrected chi connectivity index (χ0v) is 21.7. The number of thioether (sulfide) groups is 1. The predicted molar refractivity (Wildman–Crippen MR) is 142 cm³/mol. The van der Waals surface area contributed by atoms with Gasteiger partial charge < -0.3 is 19.9 Å². The van der Waals surface area contributed by atoms with Gasteiger partial charge in [0.15, 0.2) is 11.4 Å². The van der Waals surface area contributed by atoms with E-state index in [0.717, 1.165) is 27.4 Å². The quantitative estimate of drug-likeness (QED) is 0.275. The molecule has 0 bridgehead atoms. The molecule has 3 N–H and O–H groups in total. The van der Waals surface area contributed by atoms with Crippen molar-refractivity contribution in [1.82, 2.24) is 25.5 Å². The van der Waals surface area contributed by atoms with Gasteiger partial charge in [-0.25, -0.2) is 4.98 Å². The number of aliphatic hydroxyl groups is 1. The smallest absolute Gasteiger partial charge is 0.253 e. The number of nitrogens with one attached hydrogen (secondary N) is 2. The molecule has 0 radical (unpaired) electrons. The molecule has 196 valence electrons. The van der Waals surface area contributed by atoms with Crippen molar-refractivity contribution in [1.29, 1.82) is 0 Å². The molecule has 0 spiro atoms. The van der Waals surface area contributed by atoms with Crippen LogP contribution < -0.4 is 5.32 Å². The highest BCUT2D eigenvalue weighted by Gasteiger charge is 2.38. The molecular weight excluding hydrogens is 502 g/mol. The predicted octanol–water partition coefficient (Wildman–Crippen LogP) is 4.21. The van der Waals surface area contributed by atoms with Crippen molar-refractivity contribution in [2.75, 3.05) is 5.75 Å². The number of aliphatic hydroxyl groups excluding tert-OH is 1. The molecule has 1 aliphatic rings. The maximum Gasteiger partial charge on any atom is 0.253 e. The van der Waals surface area contributed by atoms with Crippen LogP contribution in [0.3, 0.4) is 0 Å². The number of aromatic nitrogens is 4. The minimum absolute atomic E-state index is 0.00141. The van der Waals surface area contributed by atoms with Gasteiger partial charge in [-0.2, -0.15) is 5.10 Å². The van der Waals surface area contributed by atoms with Gasteiger partial charge in [-0.1, -0.05) is 67.2 Å². The van der Waals surface area contributed by atoms with Crippen LogP contribution in [-0.2, 0) is 22.6 Å². The Morgan fingerprint density at radius 1 is 1.05 bits per heavy atom. The Labute approximate surface area is 225 Å². The second-order valence-corrected chi connectivity index (χ2v) is 10.1. The summed E-state index contributed by atoms with van der Waals surface area (Å²) in [5.74, 6) is 0.584. The molecule has 9 nitrogen and oxygen atoms in total. The summed E-state index contributed by atoms with van der Waals surface area (Å²) in [5, 5.41) is 19.9. The fraction of sp³-hybridized carbons (Fsp3) is 0.286. The van der Waals surface area contributed by atoms with Crippen molar-refractivity contribution >= 4 is 17.7 Å². The summed E-state index contributed by atoms with van der Waals surface area (Å²) in [7, 11) is 0. The lowest BCUT2D eigenvalue weighted by molar-refractivity contribution is -0.268. The second kappa shape index (κ2) is 12.3. The van der Waals surface area contributed by atoms with E-state index in [1.54, 1.807) is 36.3 Å². The van der Waals surface area contributed by atoms with Crippen molar-refractivity contribution in [3.8, 4) is 0 Å². The summed E-state index contributed by atoms with van der Waals surface area (Å²) >= 11 is 1.56. The number of pyridine rings is 1. The van der Waals surface area contributed by atoms with Crippen molar-refractivity contribution in [2.45, 2.75) is 43.7 Å². The van der Waals surface area contributed by atoms with Crippen molar-refractivity contribution in [2.24, 2.45) is 5.92 Å². The van der Waals surface area contributed by atoms with Crippen LogP contribution in [0.15, 0.2) is 84.5 Å². The molecule has 1 fully saturated rings. The first-order chi connectivity index (χ1) is 18.6. The molecule has 10 heteroatoms. The third-order valence-electron chi connectivity index (χ3n) is 6.53. The van der Waals surface area contributed by atoms with E-state index in [1.807, 2.05) is 48.5 Å². The maximum atomic E-state index is 12.3. The molecule has 1 aliphatic heterocycles. The molecule has 38 heavy (non-hydrogen) atoms. The second-order valence-electron chi connectivity index (χ2n) is 9.09. The number of carbonyl (C=O) groups is 1. The topological polar surface area (TPSA) is 122 Å². The van der Waals surface area contributed by atoms with Gasteiger partial charge >= 0.3 is 0 Å². The highest BCUT2D eigenvalue weighted by atomic mass is 32.2. The van der Waals surface area contributed by atoms with E-state index >= 15 is 0 Å². The number of ether oxygens (including phenoxy) is 2. The van der Waals surface area contributed by atoms with Gasteiger partial charge in [0.05, 0.1) is 24.4 Å². The minimum atomic E-state index is -0.562. The van der Waals surface area contributed by atoms with Gasteiger partial charge in [0.2, 0.25) is 0 Å².